The largest absolute Gasteiger partial charge is 0.396 e. The smallest absolute Gasteiger partial charge is 0.220 e. The van der Waals surface area contributed by atoms with Crippen LogP contribution in [0.3, 0.4) is 0 Å². The summed E-state index contributed by atoms with van der Waals surface area (Å²) < 4.78 is 0. The number of carbonyl (C=O) groups is 1. The highest BCUT2D eigenvalue weighted by atomic mass is 16.3. The van der Waals surface area contributed by atoms with Crippen LogP contribution in [0.25, 0.3) is 0 Å². The molecule has 1 atom stereocenters. The van der Waals surface area contributed by atoms with Crippen LogP contribution in [0.15, 0.2) is 0 Å². The van der Waals surface area contributed by atoms with Crippen molar-refractivity contribution in [1.29, 1.82) is 0 Å². The molecule has 0 aromatic rings. The van der Waals surface area contributed by atoms with Gasteiger partial charge in [0.15, 0.2) is 0 Å². The molecule has 0 aromatic heterocycles. The molecule has 3 N–H and O–H groups in total. The highest BCUT2D eigenvalue weighted by Crippen LogP contribution is 2.02. The third kappa shape index (κ3) is 9.48. The lowest BCUT2D eigenvalue weighted by Gasteiger charge is -2.06. The molecule has 1 amide bonds. The molecule has 84 valence electrons. The molecule has 1 unspecified atom stereocenters. The van der Waals surface area contributed by atoms with Crippen molar-refractivity contribution in [2.75, 3.05) is 13.2 Å². The normalized spacial score (nSPS) is 12.5. The van der Waals surface area contributed by atoms with Gasteiger partial charge in [-0.05, 0) is 19.8 Å². The fourth-order valence-corrected chi connectivity index (χ4v) is 1.10. The first-order valence-corrected chi connectivity index (χ1v) is 5.22. The number of carbonyl (C=O) groups excluding carboxylic acids is 1. The van der Waals surface area contributed by atoms with E-state index in [1.165, 1.54) is 0 Å². The van der Waals surface area contributed by atoms with E-state index in [2.05, 4.69) is 5.32 Å². The van der Waals surface area contributed by atoms with E-state index in [0.717, 1.165) is 25.7 Å². The highest BCUT2D eigenvalue weighted by Gasteiger charge is 2.01. The van der Waals surface area contributed by atoms with E-state index in [4.69, 9.17) is 10.2 Å². The number of nitrogens with one attached hydrogen (secondary N) is 1. The van der Waals surface area contributed by atoms with Crippen molar-refractivity contribution in [2.45, 2.75) is 45.1 Å². The Morgan fingerprint density at radius 2 is 1.93 bits per heavy atom. The Morgan fingerprint density at radius 3 is 2.50 bits per heavy atom. The van der Waals surface area contributed by atoms with Crippen molar-refractivity contribution in [2.24, 2.45) is 0 Å². The summed E-state index contributed by atoms with van der Waals surface area (Å²) in [6.45, 7) is 2.20. The fourth-order valence-electron chi connectivity index (χ4n) is 1.10. The lowest BCUT2D eigenvalue weighted by Crippen LogP contribution is -2.30. The van der Waals surface area contributed by atoms with E-state index in [1.54, 1.807) is 6.92 Å². The third-order valence-electron chi connectivity index (χ3n) is 1.91. The van der Waals surface area contributed by atoms with Crippen molar-refractivity contribution in [3.05, 3.63) is 0 Å². The molecule has 14 heavy (non-hydrogen) atoms. The molecule has 0 spiro atoms. The Balaban J connectivity index is 3.18. The molecular formula is C10H21NO3. The summed E-state index contributed by atoms with van der Waals surface area (Å²) in [4.78, 5) is 11.1. The first-order valence-electron chi connectivity index (χ1n) is 5.22. The van der Waals surface area contributed by atoms with Gasteiger partial charge in [0, 0.05) is 19.6 Å². The van der Waals surface area contributed by atoms with Gasteiger partial charge < -0.3 is 15.5 Å². The Bertz CT molecular complexity index is 148. The van der Waals surface area contributed by atoms with Gasteiger partial charge in [0.2, 0.25) is 5.91 Å². The first kappa shape index (κ1) is 13.4. The first-order chi connectivity index (χ1) is 6.66. The Hall–Kier alpha value is -0.610. The predicted octanol–water partition coefficient (Wildman–Crippen LogP) is 0.426. The van der Waals surface area contributed by atoms with E-state index < -0.39 is 6.10 Å². The second kappa shape index (κ2) is 8.97. The maximum atomic E-state index is 11.1. The van der Waals surface area contributed by atoms with Gasteiger partial charge in [0.1, 0.15) is 0 Å². The van der Waals surface area contributed by atoms with Crippen molar-refractivity contribution in [1.82, 2.24) is 5.32 Å². The second-order valence-electron chi connectivity index (χ2n) is 3.54. The van der Waals surface area contributed by atoms with Crippen molar-refractivity contribution >= 4 is 5.91 Å². The third-order valence-corrected chi connectivity index (χ3v) is 1.91. The number of unbranched alkanes of at least 4 members (excludes halogenated alkanes) is 3. The standard InChI is InChI=1S/C10H21NO3/c1-9(13)8-11-10(14)6-4-2-3-5-7-12/h9,12-13H,2-8H2,1H3,(H,11,14). The van der Waals surface area contributed by atoms with E-state index in [0.29, 0.717) is 13.0 Å². The van der Waals surface area contributed by atoms with Crippen molar-refractivity contribution in [3.8, 4) is 0 Å². The molecule has 0 aliphatic rings. The molecule has 0 aliphatic carbocycles. The van der Waals surface area contributed by atoms with Gasteiger partial charge in [-0.2, -0.15) is 0 Å². The van der Waals surface area contributed by atoms with Crippen LogP contribution >= 0.6 is 0 Å². The topological polar surface area (TPSA) is 69.6 Å². The Labute approximate surface area is 85.3 Å². The average Bonchev–Trinajstić information content (AvgIpc) is 2.14. The molecule has 0 heterocycles. The molecule has 0 fully saturated rings. The molecule has 4 heteroatoms. The molecule has 0 saturated heterocycles. The second-order valence-corrected chi connectivity index (χ2v) is 3.54. The zero-order valence-corrected chi connectivity index (χ0v) is 8.83. The van der Waals surface area contributed by atoms with Crippen molar-refractivity contribution in [3.63, 3.8) is 0 Å². The van der Waals surface area contributed by atoms with E-state index >= 15 is 0 Å². The van der Waals surface area contributed by atoms with Crippen LogP contribution in [0.4, 0.5) is 0 Å². The van der Waals surface area contributed by atoms with Crippen LogP contribution in [-0.4, -0.2) is 35.4 Å². The van der Waals surface area contributed by atoms with Gasteiger partial charge in [-0.25, -0.2) is 0 Å². The predicted molar refractivity (Wildman–Crippen MR) is 54.9 cm³/mol. The molecule has 0 radical (unpaired) electrons. The van der Waals surface area contributed by atoms with Crippen LogP contribution in [-0.2, 0) is 4.79 Å². The summed E-state index contributed by atoms with van der Waals surface area (Å²) >= 11 is 0. The number of aliphatic hydroxyl groups excluding tert-OH is 2. The molecule has 0 aliphatic heterocycles. The zero-order valence-electron chi connectivity index (χ0n) is 8.83. The summed E-state index contributed by atoms with van der Waals surface area (Å²) in [7, 11) is 0. The number of amides is 1. The Kier molecular flexibility index (Phi) is 8.57. The summed E-state index contributed by atoms with van der Waals surface area (Å²) in [5.74, 6) is -0.00472. The summed E-state index contributed by atoms with van der Waals surface area (Å²) in [5, 5.41) is 20.0. The fraction of sp³-hybridized carbons (Fsp3) is 0.900. The number of aliphatic hydroxyl groups is 2. The Morgan fingerprint density at radius 1 is 1.29 bits per heavy atom. The molecular weight excluding hydrogens is 182 g/mol. The number of hydrogen-bond acceptors (Lipinski definition) is 3. The zero-order chi connectivity index (χ0) is 10.8. The minimum Gasteiger partial charge on any atom is -0.396 e. The van der Waals surface area contributed by atoms with Gasteiger partial charge in [0.05, 0.1) is 6.10 Å². The SMILES string of the molecule is CC(O)CNC(=O)CCCCCCO. The monoisotopic (exact) mass is 203 g/mol. The molecule has 0 aromatic carbocycles. The van der Waals surface area contributed by atoms with Crippen LogP contribution in [0, 0.1) is 0 Å². The van der Waals surface area contributed by atoms with E-state index in [-0.39, 0.29) is 12.5 Å². The van der Waals surface area contributed by atoms with Crippen LogP contribution in [0.5, 0.6) is 0 Å². The molecule has 0 rings (SSSR count). The minimum atomic E-state index is -0.478. The lowest BCUT2D eigenvalue weighted by atomic mass is 10.1. The molecule has 0 saturated carbocycles. The summed E-state index contributed by atoms with van der Waals surface area (Å²) in [5.41, 5.74) is 0. The van der Waals surface area contributed by atoms with Gasteiger partial charge in [-0.15, -0.1) is 0 Å². The van der Waals surface area contributed by atoms with Gasteiger partial charge >= 0.3 is 0 Å². The van der Waals surface area contributed by atoms with E-state index in [9.17, 15) is 4.79 Å². The minimum absolute atomic E-state index is 0.00472. The summed E-state index contributed by atoms with van der Waals surface area (Å²) in [6.07, 6.45) is 3.65. The number of rotatable bonds is 8. The van der Waals surface area contributed by atoms with Gasteiger partial charge in [-0.1, -0.05) is 12.8 Å². The van der Waals surface area contributed by atoms with Crippen LogP contribution in [0.1, 0.15) is 39.0 Å². The summed E-state index contributed by atoms with van der Waals surface area (Å²) in [6, 6.07) is 0. The maximum absolute atomic E-state index is 11.1. The van der Waals surface area contributed by atoms with Crippen LogP contribution in [0.2, 0.25) is 0 Å². The van der Waals surface area contributed by atoms with Gasteiger partial charge in [-0.3, -0.25) is 4.79 Å². The lowest BCUT2D eigenvalue weighted by molar-refractivity contribution is -0.121. The maximum Gasteiger partial charge on any atom is 0.220 e. The van der Waals surface area contributed by atoms with E-state index in [1.807, 2.05) is 0 Å². The number of hydrogen-bond donors (Lipinski definition) is 3. The molecule has 0 bridgehead atoms. The highest BCUT2D eigenvalue weighted by molar-refractivity contribution is 5.75. The quantitative estimate of drug-likeness (QED) is 0.501. The van der Waals surface area contributed by atoms with Crippen molar-refractivity contribution < 1.29 is 15.0 Å². The van der Waals surface area contributed by atoms with Gasteiger partial charge in [0.25, 0.3) is 0 Å². The van der Waals surface area contributed by atoms with Crippen LogP contribution < -0.4 is 5.32 Å². The average molecular weight is 203 g/mol. The molecule has 4 nitrogen and oxygen atoms in total.